The fraction of sp³-hybridized carbons (Fsp3) is 0.0169. The summed E-state index contributed by atoms with van der Waals surface area (Å²) in [5, 5.41) is 5.07. The summed E-state index contributed by atoms with van der Waals surface area (Å²) in [5.74, 6) is 0. The highest BCUT2D eigenvalue weighted by molar-refractivity contribution is 7.25. The highest BCUT2D eigenvalue weighted by Crippen LogP contribution is 2.56. The molecule has 11 aromatic rings. The topological polar surface area (TPSA) is 3.24 Å². The minimum absolute atomic E-state index is 0.459. The van der Waals surface area contributed by atoms with E-state index in [1.54, 1.807) is 0 Å². The van der Waals surface area contributed by atoms with E-state index in [2.05, 4.69) is 241 Å². The van der Waals surface area contributed by atoms with Gasteiger partial charge in [-0.3, -0.25) is 0 Å². The molecule has 286 valence electrons. The molecule has 61 heavy (non-hydrogen) atoms. The van der Waals surface area contributed by atoms with Gasteiger partial charge in [0.1, 0.15) is 0 Å². The summed E-state index contributed by atoms with van der Waals surface area (Å²) < 4.78 is 2.64. The molecule has 12 rings (SSSR count). The van der Waals surface area contributed by atoms with E-state index >= 15 is 0 Å². The van der Waals surface area contributed by atoms with Crippen LogP contribution >= 0.6 is 11.3 Å². The van der Waals surface area contributed by atoms with Crippen LogP contribution in [0.15, 0.2) is 237 Å². The van der Waals surface area contributed by atoms with E-state index in [9.17, 15) is 0 Å². The van der Waals surface area contributed by atoms with Crippen LogP contribution in [0.3, 0.4) is 0 Å². The summed E-state index contributed by atoms with van der Waals surface area (Å²) in [6.07, 6.45) is 0. The third-order valence-corrected chi connectivity index (χ3v) is 13.9. The van der Waals surface area contributed by atoms with Crippen LogP contribution in [0.25, 0.3) is 64.3 Å². The molecular formula is C59H39NS. The van der Waals surface area contributed by atoms with Crippen LogP contribution in [0.5, 0.6) is 0 Å². The molecule has 0 saturated heterocycles. The number of thiophene rings is 1. The fourth-order valence-electron chi connectivity index (χ4n) is 10.1. The molecular weight excluding hydrogens is 755 g/mol. The van der Waals surface area contributed by atoms with Gasteiger partial charge in [0.2, 0.25) is 0 Å². The molecule has 0 bridgehead atoms. The van der Waals surface area contributed by atoms with Crippen molar-refractivity contribution < 1.29 is 0 Å². The lowest BCUT2D eigenvalue weighted by atomic mass is 9.68. The minimum atomic E-state index is -0.459. The van der Waals surface area contributed by atoms with Gasteiger partial charge in [-0.15, -0.1) is 11.3 Å². The smallest absolute Gasteiger partial charge is 0.0713 e. The van der Waals surface area contributed by atoms with E-state index in [1.807, 2.05) is 11.3 Å². The van der Waals surface area contributed by atoms with Gasteiger partial charge in [0.15, 0.2) is 0 Å². The van der Waals surface area contributed by atoms with Gasteiger partial charge in [-0.1, -0.05) is 194 Å². The lowest BCUT2D eigenvalue weighted by molar-refractivity contribution is 0.768. The van der Waals surface area contributed by atoms with Crippen LogP contribution in [0.2, 0.25) is 0 Å². The Morgan fingerprint density at radius 2 is 0.836 bits per heavy atom. The average Bonchev–Trinajstić information content (AvgIpc) is 3.86. The third-order valence-electron chi connectivity index (χ3n) is 12.8. The maximum atomic E-state index is 2.44. The number of rotatable bonds is 7. The molecule has 1 aromatic heterocycles. The first-order valence-electron chi connectivity index (χ1n) is 21.0. The predicted molar refractivity (Wildman–Crippen MR) is 260 cm³/mol. The first-order valence-corrected chi connectivity index (χ1v) is 21.8. The van der Waals surface area contributed by atoms with Gasteiger partial charge in [-0.2, -0.15) is 0 Å². The van der Waals surface area contributed by atoms with Crippen molar-refractivity contribution in [1.29, 1.82) is 0 Å². The molecule has 0 unspecified atom stereocenters. The maximum Gasteiger partial charge on any atom is 0.0713 e. The Labute approximate surface area is 360 Å². The third kappa shape index (κ3) is 5.60. The predicted octanol–water partition coefficient (Wildman–Crippen LogP) is 16.4. The Morgan fingerprint density at radius 3 is 1.54 bits per heavy atom. The van der Waals surface area contributed by atoms with E-state index < -0.39 is 5.41 Å². The van der Waals surface area contributed by atoms with Crippen molar-refractivity contribution in [1.82, 2.24) is 0 Å². The fourth-order valence-corrected chi connectivity index (χ4v) is 11.2. The number of benzene rings is 10. The summed E-state index contributed by atoms with van der Waals surface area (Å²) in [7, 11) is 0. The van der Waals surface area contributed by atoms with Gasteiger partial charge in [-0.25, -0.2) is 0 Å². The van der Waals surface area contributed by atoms with Crippen molar-refractivity contribution >= 4 is 59.3 Å². The first kappa shape index (κ1) is 35.4. The van der Waals surface area contributed by atoms with Crippen molar-refractivity contribution in [3.63, 3.8) is 0 Å². The van der Waals surface area contributed by atoms with Gasteiger partial charge in [0, 0.05) is 36.9 Å². The zero-order valence-corrected chi connectivity index (χ0v) is 34.2. The standard InChI is InChI=1S/C59H39NS/c1-3-15-41(16-4-1)47-37-38-56(51-22-8-7-19-48(47)51)60(45-32-27-40(28-33-45)42-29-36-53-52-23-11-14-26-57(52)61-58(53)39-42)46-34-30-44(31-35-46)59(43-17-5-2-6-18-43)54-24-12-9-20-49(54)50-21-10-13-25-55(50)59/h1-39H. The lowest BCUT2D eigenvalue weighted by Crippen LogP contribution is -2.28. The van der Waals surface area contributed by atoms with E-state index in [1.165, 1.54) is 86.6 Å². The molecule has 0 spiro atoms. The molecule has 0 radical (unpaired) electrons. The van der Waals surface area contributed by atoms with Crippen LogP contribution in [0.4, 0.5) is 17.1 Å². The summed E-state index contributed by atoms with van der Waals surface area (Å²) in [4.78, 5) is 2.44. The SMILES string of the molecule is c1ccc(-c2ccc(N(c3ccc(-c4ccc5c(c4)sc4ccccc45)cc3)c3ccc(C4(c5ccccc5)c5ccccc5-c5ccccc54)cc3)c3ccccc23)cc1. The Morgan fingerprint density at radius 1 is 0.311 bits per heavy atom. The molecule has 2 heteroatoms. The molecule has 1 aliphatic rings. The van der Waals surface area contributed by atoms with Crippen molar-refractivity contribution in [2.24, 2.45) is 0 Å². The molecule has 1 aliphatic carbocycles. The second-order valence-corrected chi connectivity index (χ2v) is 17.1. The van der Waals surface area contributed by atoms with Gasteiger partial charge in [0.05, 0.1) is 11.1 Å². The molecule has 1 nitrogen and oxygen atoms in total. The molecule has 0 saturated carbocycles. The number of hydrogen-bond acceptors (Lipinski definition) is 2. The Bertz CT molecular complexity index is 3350. The molecule has 0 N–H and O–H groups in total. The Balaban J connectivity index is 1.02. The van der Waals surface area contributed by atoms with Gasteiger partial charge < -0.3 is 4.90 Å². The van der Waals surface area contributed by atoms with Crippen LogP contribution in [0.1, 0.15) is 22.3 Å². The van der Waals surface area contributed by atoms with Crippen molar-refractivity contribution in [2.45, 2.75) is 5.41 Å². The van der Waals surface area contributed by atoms with E-state index in [4.69, 9.17) is 0 Å². The van der Waals surface area contributed by atoms with Crippen molar-refractivity contribution in [2.75, 3.05) is 4.90 Å². The molecule has 0 atom stereocenters. The highest BCUT2D eigenvalue weighted by atomic mass is 32.1. The van der Waals surface area contributed by atoms with E-state index in [-0.39, 0.29) is 0 Å². The second-order valence-electron chi connectivity index (χ2n) is 16.0. The van der Waals surface area contributed by atoms with Crippen LogP contribution < -0.4 is 4.90 Å². The van der Waals surface area contributed by atoms with Gasteiger partial charge in [0.25, 0.3) is 0 Å². The van der Waals surface area contributed by atoms with E-state index in [0.717, 1.165) is 17.1 Å². The molecule has 0 aliphatic heterocycles. The number of nitrogens with zero attached hydrogens (tertiary/aromatic N) is 1. The van der Waals surface area contributed by atoms with Crippen LogP contribution in [0, 0.1) is 0 Å². The zero-order valence-electron chi connectivity index (χ0n) is 33.4. The molecule has 0 amide bonds. The van der Waals surface area contributed by atoms with Crippen molar-refractivity contribution in [3.05, 3.63) is 259 Å². The summed E-state index contributed by atoms with van der Waals surface area (Å²) in [5.41, 5.74) is 15.5. The van der Waals surface area contributed by atoms with Crippen molar-refractivity contribution in [3.8, 4) is 33.4 Å². The maximum absolute atomic E-state index is 2.44. The quantitative estimate of drug-likeness (QED) is 0.155. The lowest BCUT2D eigenvalue weighted by Gasteiger charge is -2.34. The molecule has 1 heterocycles. The normalized spacial score (nSPS) is 12.7. The zero-order chi connectivity index (χ0) is 40.3. The minimum Gasteiger partial charge on any atom is -0.310 e. The number of anilines is 3. The van der Waals surface area contributed by atoms with Crippen LogP contribution in [-0.2, 0) is 5.41 Å². The summed E-state index contributed by atoms with van der Waals surface area (Å²) in [6, 6.07) is 87.2. The average molecular weight is 794 g/mol. The summed E-state index contributed by atoms with van der Waals surface area (Å²) >= 11 is 1.87. The second kappa shape index (κ2) is 14.3. The molecule has 10 aromatic carbocycles. The van der Waals surface area contributed by atoms with Crippen LogP contribution in [-0.4, -0.2) is 0 Å². The largest absolute Gasteiger partial charge is 0.310 e. The van der Waals surface area contributed by atoms with Gasteiger partial charge >= 0.3 is 0 Å². The molecule has 0 fully saturated rings. The number of hydrogen-bond donors (Lipinski definition) is 0. The highest BCUT2D eigenvalue weighted by Gasteiger charge is 2.45. The van der Waals surface area contributed by atoms with Gasteiger partial charge in [-0.05, 0) is 103 Å². The summed E-state index contributed by atoms with van der Waals surface area (Å²) in [6.45, 7) is 0. The Kier molecular flexibility index (Phi) is 8.33. The van der Waals surface area contributed by atoms with E-state index in [0.29, 0.717) is 0 Å². The Hall–Kier alpha value is -7.52. The monoisotopic (exact) mass is 793 g/mol. The first-order chi connectivity index (χ1) is 30.3. The number of fused-ring (bicyclic) bond motifs is 7.